The van der Waals surface area contributed by atoms with Gasteiger partial charge in [0.2, 0.25) is 0 Å². The fourth-order valence-electron chi connectivity index (χ4n) is 3.92. The van der Waals surface area contributed by atoms with Crippen LogP contribution in [0.1, 0.15) is 25.8 Å². The molecule has 1 heterocycles. The Morgan fingerprint density at radius 1 is 1.20 bits per heavy atom. The van der Waals surface area contributed by atoms with Crippen LogP contribution in [0.4, 0.5) is 10.1 Å². The predicted molar refractivity (Wildman–Crippen MR) is 154 cm³/mol. The standard InChI is InChI=1S/C29H37FN4S/c1-9-12-26(23(6)30)20-33-17-18-34(22(5)19-33)24(7)25-13-15-27(16-14-25)32-35-28(11-3)29(31-8)21(4)10-2/h9,11-16,22,32H,1,3-4,6-8,10,17-20H2,2,5H3/b26-12-,29-28-/t22-/m0/s1. The number of benzene rings is 1. The maximum Gasteiger partial charge on any atom is 0.120 e. The highest BCUT2D eigenvalue weighted by atomic mass is 32.2. The van der Waals surface area contributed by atoms with Gasteiger partial charge in [0, 0.05) is 49.2 Å². The van der Waals surface area contributed by atoms with Crippen LogP contribution in [0.5, 0.6) is 0 Å². The summed E-state index contributed by atoms with van der Waals surface area (Å²) >= 11 is 1.44. The maximum atomic E-state index is 13.7. The Balaban J connectivity index is 2.01. The molecule has 0 aliphatic carbocycles. The van der Waals surface area contributed by atoms with Crippen molar-refractivity contribution in [1.82, 2.24) is 9.80 Å². The number of nitrogens with one attached hydrogen (secondary N) is 1. The smallest absolute Gasteiger partial charge is 0.120 e. The molecule has 1 aliphatic heterocycles. The number of allylic oxidation sites excluding steroid dienone is 4. The zero-order valence-electron chi connectivity index (χ0n) is 21.0. The highest BCUT2D eigenvalue weighted by molar-refractivity contribution is 8.04. The lowest BCUT2D eigenvalue weighted by molar-refractivity contribution is 0.137. The van der Waals surface area contributed by atoms with Gasteiger partial charge in [0.15, 0.2) is 0 Å². The molecule has 4 nitrogen and oxygen atoms in total. The minimum atomic E-state index is -0.403. The maximum absolute atomic E-state index is 13.7. The average Bonchev–Trinajstić information content (AvgIpc) is 2.85. The summed E-state index contributed by atoms with van der Waals surface area (Å²) < 4.78 is 17.1. The average molecular weight is 493 g/mol. The molecule has 0 radical (unpaired) electrons. The largest absolute Gasteiger partial charge is 0.366 e. The molecular weight excluding hydrogens is 455 g/mol. The van der Waals surface area contributed by atoms with E-state index < -0.39 is 5.83 Å². The molecule has 1 aromatic rings. The zero-order valence-corrected chi connectivity index (χ0v) is 21.8. The number of aliphatic imine (C=N–C) groups is 1. The second kappa shape index (κ2) is 13.7. The van der Waals surface area contributed by atoms with E-state index in [1.165, 1.54) is 11.9 Å². The van der Waals surface area contributed by atoms with E-state index in [9.17, 15) is 4.39 Å². The van der Waals surface area contributed by atoms with Gasteiger partial charge in [0.25, 0.3) is 0 Å². The third-order valence-electron chi connectivity index (χ3n) is 5.96. The van der Waals surface area contributed by atoms with Gasteiger partial charge in [0.05, 0.1) is 10.6 Å². The van der Waals surface area contributed by atoms with Crippen LogP contribution < -0.4 is 4.72 Å². The van der Waals surface area contributed by atoms with Crippen molar-refractivity contribution in [2.75, 3.05) is 30.9 Å². The molecule has 186 valence electrons. The van der Waals surface area contributed by atoms with E-state index in [2.05, 4.69) is 78.2 Å². The van der Waals surface area contributed by atoms with E-state index in [1.54, 1.807) is 18.2 Å². The third kappa shape index (κ3) is 7.70. The van der Waals surface area contributed by atoms with Crippen LogP contribution in [0.3, 0.4) is 0 Å². The van der Waals surface area contributed by atoms with Crippen LogP contribution in [-0.4, -0.2) is 48.7 Å². The monoisotopic (exact) mass is 492 g/mol. The Bertz CT molecular complexity index is 1040. The lowest BCUT2D eigenvalue weighted by Gasteiger charge is -2.42. The van der Waals surface area contributed by atoms with E-state index >= 15 is 0 Å². The van der Waals surface area contributed by atoms with E-state index in [1.807, 2.05) is 19.1 Å². The molecule has 1 aromatic carbocycles. The summed E-state index contributed by atoms with van der Waals surface area (Å²) in [5.41, 5.74) is 5.27. The van der Waals surface area contributed by atoms with Crippen molar-refractivity contribution in [3.8, 4) is 0 Å². The summed E-state index contributed by atoms with van der Waals surface area (Å²) in [4.78, 5) is 9.56. The van der Waals surface area contributed by atoms with E-state index in [-0.39, 0.29) is 6.04 Å². The van der Waals surface area contributed by atoms with Crippen LogP contribution in [0.2, 0.25) is 0 Å². The molecule has 1 N–H and O–H groups in total. The summed E-state index contributed by atoms with van der Waals surface area (Å²) in [7, 11) is 0. The number of hydrogen-bond acceptors (Lipinski definition) is 5. The molecule has 6 heteroatoms. The second-order valence-electron chi connectivity index (χ2n) is 8.37. The highest BCUT2D eigenvalue weighted by Crippen LogP contribution is 2.30. The van der Waals surface area contributed by atoms with Crippen LogP contribution in [0.25, 0.3) is 5.70 Å². The van der Waals surface area contributed by atoms with Crippen LogP contribution in [0, 0.1) is 0 Å². The molecule has 1 fully saturated rings. The molecule has 1 aliphatic rings. The van der Waals surface area contributed by atoms with Crippen molar-refractivity contribution >= 4 is 30.0 Å². The number of anilines is 1. The summed E-state index contributed by atoms with van der Waals surface area (Å²) in [5, 5.41) is 0. The van der Waals surface area contributed by atoms with Crippen molar-refractivity contribution in [2.24, 2.45) is 4.99 Å². The van der Waals surface area contributed by atoms with Crippen molar-refractivity contribution < 1.29 is 4.39 Å². The molecule has 1 saturated heterocycles. The molecule has 0 saturated carbocycles. The molecule has 0 aromatic heterocycles. The fraction of sp³-hybridized carbons (Fsp3) is 0.276. The minimum absolute atomic E-state index is 0.249. The second-order valence-corrected chi connectivity index (χ2v) is 9.22. The van der Waals surface area contributed by atoms with E-state index in [4.69, 9.17) is 0 Å². The van der Waals surface area contributed by atoms with Gasteiger partial charge in [-0.3, -0.25) is 9.89 Å². The third-order valence-corrected chi connectivity index (χ3v) is 6.87. The highest BCUT2D eigenvalue weighted by Gasteiger charge is 2.25. The minimum Gasteiger partial charge on any atom is -0.366 e. The molecule has 0 bridgehead atoms. The Kier molecular flexibility index (Phi) is 11.0. The van der Waals surface area contributed by atoms with Gasteiger partial charge in [-0.1, -0.05) is 70.2 Å². The predicted octanol–water partition coefficient (Wildman–Crippen LogP) is 7.38. The molecule has 1 atom stereocenters. The van der Waals surface area contributed by atoms with E-state index in [0.29, 0.717) is 12.1 Å². The number of piperazine rings is 1. The van der Waals surface area contributed by atoms with E-state index in [0.717, 1.165) is 59.2 Å². The lowest BCUT2D eigenvalue weighted by Crippen LogP contribution is -2.51. The lowest BCUT2D eigenvalue weighted by atomic mass is 10.1. The number of nitrogens with zero attached hydrogens (tertiary/aromatic N) is 3. The number of hydrogen-bond donors (Lipinski definition) is 1. The quantitative estimate of drug-likeness (QED) is 0.177. The first-order valence-corrected chi connectivity index (χ1v) is 12.5. The molecule has 2 rings (SSSR count). The van der Waals surface area contributed by atoms with Crippen molar-refractivity contribution in [3.63, 3.8) is 0 Å². The first-order chi connectivity index (χ1) is 16.7. The number of rotatable bonds is 13. The summed E-state index contributed by atoms with van der Waals surface area (Å²) in [5.74, 6) is -0.403. The van der Waals surface area contributed by atoms with Crippen LogP contribution >= 0.6 is 11.9 Å². The van der Waals surface area contributed by atoms with Crippen molar-refractivity contribution in [2.45, 2.75) is 26.3 Å². The van der Waals surface area contributed by atoms with Crippen LogP contribution in [-0.2, 0) is 0 Å². The van der Waals surface area contributed by atoms with Gasteiger partial charge in [-0.25, -0.2) is 4.39 Å². The molecular formula is C29H37FN4S. The first kappa shape index (κ1) is 28.1. The number of halogens is 1. The molecule has 0 unspecified atom stereocenters. The first-order valence-electron chi connectivity index (χ1n) is 11.6. The van der Waals surface area contributed by atoms with Gasteiger partial charge < -0.3 is 9.62 Å². The van der Waals surface area contributed by atoms with Gasteiger partial charge in [0.1, 0.15) is 5.83 Å². The van der Waals surface area contributed by atoms with Gasteiger partial charge >= 0.3 is 0 Å². The molecule has 0 spiro atoms. The van der Waals surface area contributed by atoms with Crippen molar-refractivity contribution in [1.29, 1.82) is 0 Å². The molecule has 35 heavy (non-hydrogen) atoms. The Hall–Kier alpha value is -3.09. The Morgan fingerprint density at radius 3 is 2.40 bits per heavy atom. The summed E-state index contributed by atoms with van der Waals surface area (Å²) in [6, 6.07) is 8.45. The summed E-state index contributed by atoms with van der Waals surface area (Å²) in [6.07, 6.45) is 5.85. The SMILES string of the molecule is C=C/C=C(/CN1CCN(C(=C)c2ccc(NS/C(C=C)=C(\N=C)C(=C)CC)cc2)[C@@H](C)C1)C(=C)F. The Morgan fingerprint density at radius 2 is 1.89 bits per heavy atom. The fourth-order valence-corrected chi connectivity index (χ4v) is 4.67. The van der Waals surface area contributed by atoms with Gasteiger partial charge in [-0.2, -0.15) is 0 Å². The zero-order chi connectivity index (χ0) is 26.0. The Labute approximate surface area is 214 Å². The van der Waals surface area contributed by atoms with Crippen molar-refractivity contribution in [3.05, 3.63) is 109 Å². The van der Waals surface area contributed by atoms with Gasteiger partial charge in [-0.05, 0) is 55.3 Å². The van der Waals surface area contributed by atoms with Crippen LogP contribution in [0.15, 0.2) is 108 Å². The summed E-state index contributed by atoms with van der Waals surface area (Å²) in [6.45, 7) is 30.3. The topological polar surface area (TPSA) is 30.9 Å². The molecule has 0 amide bonds. The normalized spacial score (nSPS) is 17.3. The van der Waals surface area contributed by atoms with Gasteiger partial charge in [-0.15, -0.1) is 0 Å².